The molecule has 0 spiro atoms. The van der Waals surface area contributed by atoms with Crippen molar-refractivity contribution in [2.45, 2.75) is 45.6 Å². The number of aryl methyl sites for hydroxylation is 1. The van der Waals surface area contributed by atoms with Crippen molar-refractivity contribution in [1.82, 2.24) is 0 Å². The number of benzene rings is 1. The van der Waals surface area contributed by atoms with E-state index in [0.29, 0.717) is 0 Å². The van der Waals surface area contributed by atoms with Gasteiger partial charge in [0.2, 0.25) is 0 Å². The van der Waals surface area contributed by atoms with Gasteiger partial charge >= 0.3 is 0 Å². The molecule has 1 nitrogen and oxygen atoms in total. The fourth-order valence-corrected chi connectivity index (χ4v) is 1.86. The highest BCUT2D eigenvalue weighted by molar-refractivity contribution is 5.25. The summed E-state index contributed by atoms with van der Waals surface area (Å²) in [5.41, 5.74) is 2.61. The minimum Gasteiger partial charge on any atom is -0.393 e. The Kier molecular flexibility index (Phi) is 4.15. The summed E-state index contributed by atoms with van der Waals surface area (Å²) in [7, 11) is 0. The Labute approximate surface area is 86.8 Å². The molecule has 0 saturated carbocycles. The van der Waals surface area contributed by atoms with Crippen LogP contribution in [0.5, 0.6) is 0 Å². The molecule has 1 N–H and O–H groups in total. The Morgan fingerprint density at radius 2 is 1.71 bits per heavy atom. The Morgan fingerprint density at radius 1 is 1.14 bits per heavy atom. The second-order valence-electron chi connectivity index (χ2n) is 3.85. The smallest absolute Gasteiger partial charge is 0.0580 e. The van der Waals surface area contributed by atoms with Crippen LogP contribution in [-0.2, 0) is 6.42 Å². The first kappa shape index (κ1) is 11.3. The predicted octanol–water partition coefficient (Wildman–Crippen LogP) is 3.12. The SMILES string of the molecule is CCc1ccc(C(CC)C(C)O)cc1. The highest BCUT2D eigenvalue weighted by Gasteiger charge is 2.14. The molecule has 0 aliphatic rings. The van der Waals surface area contributed by atoms with Crippen LogP contribution in [0.3, 0.4) is 0 Å². The molecule has 0 radical (unpaired) electrons. The van der Waals surface area contributed by atoms with E-state index in [0.717, 1.165) is 12.8 Å². The number of aliphatic hydroxyl groups is 1. The Bertz CT molecular complexity index is 261. The largest absolute Gasteiger partial charge is 0.393 e. The third kappa shape index (κ3) is 2.58. The zero-order valence-corrected chi connectivity index (χ0v) is 9.33. The van der Waals surface area contributed by atoms with Crippen molar-refractivity contribution in [2.75, 3.05) is 0 Å². The fraction of sp³-hybridized carbons (Fsp3) is 0.538. The fourth-order valence-electron chi connectivity index (χ4n) is 1.86. The summed E-state index contributed by atoms with van der Waals surface area (Å²) < 4.78 is 0. The topological polar surface area (TPSA) is 20.2 Å². The molecule has 0 saturated heterocycles. The van der Waals surface area contributed by atoms with Crippen LogP contribution in [0.2, 0.25) is 0 Å². The van der Waals surface area contributed by atoms with Gasteiger partial charge in [-0.3, -0.25) is 0 Å². The van der Waals surface area contributed by atoms with Gasteiger partial charge in [0.15, 0.2) is 0 Å². The molecule has 1 aromatic carbocycles. The van der Waals surface area contributed by atoms with Crippen LogP contribution in [-0.4, -0.2) is 11.2 Å². The van der Waals surface area contributed by atoms with Gasteiger partial charge in [-0.25, -0.2) is 0 Å². The zero-order chi connectivity index (χ0) is 10.6. The van der Waals surface area contributed by atoms with Crippen molar-refractivity contribution in [2.24, 2.45) is 0 Å². The number of hydrogen-bond donors (Lipinski definition) is 1. The highest BCUT2D eigenvalue weighted by Crippen LogP contribution is 2.23. The van der Waals surface area contributed by atoms with Crippen molar-refractivity contribution in [3.8, 4) is 0 Å². The summed E-state index contributed by atoms with van der Waals surface area (Å²) in [4.78, 5) is 0. The summed E-state index contributed by atoms with van der Waals surface area (Å²) in [5.74, 6) is 0.279. The Balaban J connectivity index is 2.84. The first-order valence-corrected chi connectivity index (χ1v) is 5.45. The van der Waals surface area contributed by atoms with E-state index >= 15 is 0 Å². The highest BCUT2D eigenvalue weighted by atomic mass is 16.3. The first-order valence-electron chi connectivity index (χ1n) is 5.45. The van der Waals surface area contributed by atoms with Crippen LogP contribution in [0, 0.1) is 0 Å². The molecule has 0 fully saturated rings. The maximum atomic E-state index is 9.59. The lowest BCUT2D eigenvalue weighted by molar-refractivity contribution is 0.160. The standard InChI is InChI=1S/C13H20O/c1-4-11-6-8-12(9-7-11)13(5-2)10(3)14/h6-10,13-14H,4-5H2,1-3H3. The van der Waals surface area contributed by atoms with E-state index in [1.54, 1.807) is 0 Å². The quantitative estimate of drug-likeness (QED) is 0.777. The van der Waals surface area contributed by atoms with Crippen molar-refractivity contribution >= 4 is 0 Å². The number of aliphatic hydroxyl groups excluding tert-OH is 1. The molecule has 78 valence electrons. The molecule has 1 heteroatoms. The summed E-state index contributed by atoms with van der Waals surface area (Å²) in [6, 6.07) is 8.58. The molecule has 0 bridgehead atoms. The van der Waals surface area contributed by atoms with E-state index < -0.39 is 0 Å². The van der Waals surface area contributed by atoms with Gasteiger partial charge in [-0.05, 0) is 30.9 Å². The minimum atomic E-state index is -0.257. The third-order valence-corrected chi connectivity index (χ3v) is 2.84. The predicted molar refractivity (Wildman–Crippen MR) is 60.5 cm³/mol. The van der Waals surface area contributed by atoms with E-state index in [1.165, 1.54) is 11.1 Å². The third-order valence-electron chi connectivity index (χ3n) is 2.84. The van der Waals surface area contributed by atoms with Gasteiger partial charge in [0, 0.05) is 5.92 Å². The average Bonchev–Trinajstić information content (AvgIpc) is 2.19. The zero-order valence-electron chi connectivity index (χ0n) is 9.33. The van der Waals surface area contributed by atoms with Gasteiger partial charge in [0.1, 0.15) is 0 Å². The lowest BCUT2D eigenvalue weighted by Gasteiger charge is -2.18. The van der Waals surface area contributed by atoms with E-state index in [1.807, 2.05) is 6.92 Å². The van der Waals surface area contributed by atoms with Gasteiger partial charge in [0.05, 0.1) is 6.10 Å². The molecule has 0 aromatic heterocycles. The van der Waals surface area contributed by atoms with Crippen LogP contribution in [0.15, 0.2) is 24.3 Å². The summed E-state index contributed by atoms with van der Waals surface area (Å²) in [6.45, 7) is 6.13. The van der Waals surface area contributed by atoms with E-state index in [-0.39, 0.29) is 12.0 Å². The minimum absolute atomic E-state index is 0.257. The molecular weight excluding hydrogens is 172 g/mol. The van der Waals surface area contributed by atoms with Crippen LogP contribution >= 0.6 is 0 Å². The van der Waals surface area contributed by atoms with Crippen LogP contribution in [0.1, 0.15) is 44.2 Å². The van der Waals surface area contributed by atoms with Crippen molar-refractivity contribution in [1.29, 1.82) is 0 Å². The van der Waals surface area contributed by atoms with E-state index in [9.17, 15) is 5.11 Å². The second-order valence-corrected chi connectivity index (χ2v) is 3.85. The van der Waals surface area contributed by atoms with Gasteiger partial charge in [0.25, 0.3) is 0 Å². The van der Waals surface area contributed by atoms with Crippen molar-refractivity contribution in [3.05, 3.63) is 35.4 Å². The molecule has 1 aromatic rings. The summed E-state index contributed by atoms with van der Waals surface area (Å²) >= 11 is 0. The number of hydrogen-bond acceptors (Lipinski definition) is 1. The van der Waals surface area contributed by atoms with Crippen LogP contribution < -0.4 is 0 Å². The second kappa shape index (κ2) is 5.16. The molecular formula is C13H20O. The van der Waals surface area contributed by atoms with Gasteiger partial charge in [-0.2, -0.15) is 0 Å². The van der Waals surface area contributed by atoms with Crippen molar-refractivity contribution in [3.63, 3.8) is 0 Å². The van der Waals surface area contributed by atoms with Gasteiger partial charge in [-0.15, -0.1) is 0 Å². The average molecular weight is 192 g/mol. The molecule has 0 aliphatic carbocycles. The van der Waals surface area contributed by atoms with Crippen LogP contribution in [0.25, 0.3) is 0 Å². The van der Waals surface area contributed by atoms with Crippen molar-refractivity contribution < 1.29 is 5.11 Å². The Hall–Kier alpha value is -0.820. The van der Waals surface area contributed by atoms with Gasteiger partial charge in [-0.1, -0.05) is 38.1 Å². The summed E-state index contributed by atoms with van der Waals surface area (Å²) in [5, 5.41) is 9.59. The van der Waals surface area contributed by atoms with Gasteiger partial charge < -0.3 is 5.11 Å². The van der Waals surface area contributed by atoms with Crippen LogP contribution in [0.4, 0.5) is 0 Å². The molecule has 1 rings (SSSR count). The normalized spacial score (nSPS) is 15.1. The maximum absolute atomic E-state index is 9.59. The van der Waals surface area contributed by atoms with E-state index in [4.69, 9.17) is 0 Å². The lowest BCUT2D eigenvalue weighted by Crippen LogP contribution is -2.13. The maximum Gasteiger partial charge on any atom is 0.0580 e. The summed E-state index contributed by atoms with van der Waals surface area (Å²) in [6.07, 6.45) is 1.81. The lowest BCUT2D eigenvalue weighted by atomic mass is 9.91. The van der Waals surface area contributed by atoms with E-state index in [2.05, 4.69) is 38.1 Å². The Morgan fingerprint density at radius 3 is 2.07 bits per heavy atom. The molecule has 2 atom stereocenters. The molecule has 0 aliphatic heterocycles. The molecule has 2 unspecified atom stereocenters. The molecule has 0 amide bonds. The first-order chi connectivity index (χ1) is 6.69. The monoisotopic (exact) mass is 192 g/mol. The molecule has 14 heavy (non-hydrogen) atoms. The molecule has 0 heterocycles. The number of rotatable bonds is 4.